The maximum absolute atomic E-state index is 5.12. The van der Waals surface area contributed by atoms with E-state index >= 15 is 0 Å². The van der Waals surface area contributed by atoms with Gasteiger partial charge in [0.2, 0.25) is 0 Å². The fourth-order valence-corrected chi connectivity index (χ4v) is 9.61. The van der Waals surface area contributed by atoms with Gasteiger partial charge in [-0.3, -0.25) is 0 Å². The van der Waals surface area contributed by atoms with Crippen LogP contribution in [0.1, 0.15) is 31.4 Å². The second-order valence-corrected chi connectivity index (χ2v) is 15.8. The molecule has 0 aliphatic heterocycles. The molecule has 1 aliphatic rings. The lowest BCUT2D eigenvalue weighted by molar-refractivity contribution is 0.537. The van der Waals surface area contributed by atoms with Crippen molar-refractivity contribution in [3.05, 3.63) is 182 Å². The van der Waals surface area contributed by atoms with Crippen molar-refractivity contribution < 1.29 is 0 Å². The van der Waals surface area contributed by atoms with E-state index in [0.717, 1.165) is 45.8 Å². The average molecular weight is 712 g/mol. The van der Waals surface area contributed by atoms with Crippen LogP contribution in [0.3, 0.4) is 0 Å². The summed E-state index contributed by atoms with van der Waals surface area (Å²) in [6.07, 6.45) is 9.71. The van der Waals surface area contributed by atoms with Crippen LogP contribution in [0.15, 0.2) is 170 Å². The molecule has 4 heteroatoms. The monoisotopic (exact) mass is 711 g/mol. The number of thiophene rings is 1. The SMILES string of the molecule is C=C1/C=C\C=C/CC(C)(C)c2c1c1sc3ccccc3c1c1c3ccccc3n(-c3ccc(-c4cc(-c5ccccc5)nc(-c5ccccc5)n4)cc3)c21. The van der Waals surface area contributed by atoms with E-state index in [1.165, 1.54) is 53.1 Å². The van der Waals surface area contributed by atoms with E-state index in [9.17, 15) is 0 Å². The van der Waals surface area contributed by atoms with Crippen LogP contribution in [0, 0.1) is 0 Å². The zero-order valence-electron chi connectivity index (χ0n) is 30.3. The van der Waals surface area contributed by atoms with Crippen molar-refractivity contribution >= 4 is 58.9 Å². The van der Waals surface area contributed by atoms with Crippen LogP contribution in [-0.2, 0) is 5.41 Å². The Balaban J connectivity index is 1.25. The Kier molecular flexibility index (Phi) is 7.57. The minimum atomic E-state index is -0.182. The molecule has 258 valence electrons. The Morgan fingerprint density at radius 2 is 1.28 bits per heavy atom. The van der Waals surface area contributed by atoms with Crippen LogP contribution in [0.4, 0.5) is 0 Å². The Morgan fingerprint density at radius 1 is 0.648 bits per heavy atom. The molecule has 0 N–H and O–H groups in total. The average Bonchev–Trinajstić information content (AvgIpc) is 3.77. The maximum atomic E-state index is 5.12. The normalized spacial score (nSPS) is 15.3. The van der Waals surface area contributed by atoms with Gasteiger partial charge in [-0.05, 0) is 53.3 Å². The van der Waals surface area contributed by atoms with Gasteiger partial charge in [0.1, 0.15) is 0 Å². The van der Waals surface area contributed by atoms with Crippen LogP contribution in [0.2, 0.25) is 0 Å². The molecule has 9 aromatic rings. The highest BCUT2D eigenvalue weighted by atomic mass is 32.1. The third-order valence-corrected chi connectivity index (χ3v) is 12.0. The molecule has 3 heterocycles. The zero-order valence-corrected chi connectivity index (χ0v) is 31.1. The van der Waals surface area contributed by atoms with Gasteiger partial charge in [-0.15, -0.1) is 11.3 Å². The molecule has 1 aliphatic carbocycles. The number of hydrogen-bond acceptors (Lipinski definition) is 3. The van der Waals surface area contributed by atoms with Crippen LogP contribution < -0.4 is 0 Å². The highest BCUT2D eigenvalue weighted by Crippen LogP contribution is 2.52. The second kappa shape index (κ2) is 12.6. The predicted octanol–water partition coefficient (Wildman–Crippen LogP) is 13.7. The smallest absolute Gasteiger partial charge is 0.160 e. The van der Waals surface area contributed by atoms with E-state index in [1.807, 2.05) is 35.6 Å². The van der Waals surface area contributed by atoms with E-state index in [-0.39, 0.29) is 5.41 Å². The molecule has 6 aromatic carbocycles. The molecule has 54 heavy (non-hydrogen) atoms. The Labute approximate surface area is 318 Å². The highest BCUT2D eigenvalue weighted by molar-refractivity contribution is 7.26. The second-order valence-electron chi connectivity index (χ2n) is 14.8. The standard InChI is InChI=1S/C50H37N3S/c1-32-17-7-6-16-30-50(2,3)46-43(32)48-45(38-23-13-15-25-42(38)54-48)44-37-22-12-14-24-41(37)53(47(44)46)36-28-26-34(27-29-36)40-31-39(33-18-8-4-9-19-33)51-49(52-40)35-20-10-5-11-21-35/h4-29,31H,1,30H2,2-3H3/b16-6-,17-7-. The van der Waals surface area contributed by atoms with Crippen molar-refractivity contribution in [3.63, 3.8) is 0 Å². The Bertz CT molecular complexity index is 2920. The number of nitrogens with zero attached hydrogens (tertiary/aromatic N) is 3. The summed E-state index contributed by atoms with van der Waals surface area (Å²) in [4.78, 5) is 10.1. The molecule has 0 fully saturated rings. The van der Waals surface area contributed by atoms with Gasteiger partial charge >= 0.3 is 0 Å². The maximum Gasteiger partial charge on any atom is 0.160 e. The summed E-state index contributed by atoms with van der Waals surface area (Å²) >= 11 is 1.89. The number of allylic oxidation sites excluding steroid dienone is 5. The van der Waals surface area contributed by atoms with Gasteiger partial charge in [0.15, 0.2) is 5.82 Å². The van der Waals surface area contributed by atoms with Crippen LogP contribution in [0.25, 0.3) is 87.1 Å². The lowest BCUT2D eigenvalue weighted by atomic mass is 9.76. The molecule has 0 saturated heterocycles. The quantitative estimate of drug-likeness (QED) is 0.182. The van der Waals surface area contributed by atoms with Crippen molar-refractivity contribution in [1.82, 2.24) is 14.5 Å². The predicted molar refractivity (Wildman–Crippen MR) is 231 cm³/mol. The first kappa shape index (κ1) is 32.3. The van der Waals surface area contributed by atoms with Crippen LogP contribution in [0.5, 0.6) is 0 Å². The van der Waals surface area contributed by atoms with E-state index in [1.54, 1.807) is 0 Å². The third-order valence-electron chi connectivity index (χ3n) is 10.9. The molecule has 0 atom stereocenters. The van der Waals surface area contributed by atoms with Gasteiger partial charge in [0, 0.05) is 58.9 Å². The molecule has 0 radical (unpaired) electrons. The van der Waals surface area contributed by atoms with Gasteiger partial charge in [0.25, 0.3) is 0 Å². The van der Waals surface area contributed by atoms with Gasteiger partial charge in [0.05, 0.1) is 22.4 Å². The summed E-state index contributed by atoms with van der Waals surface area (Å²) in [5, 5.41) is 5.18. The Morgan fingerprint density at radius 3 is 2.02 bits per heavy atom. The zero-order chi connectivity index (χ0) is 36.4. The molecule has 0 amide bonds. The molecule has 3 aromatic heterocycles. The number of aromatic nitrogens is 3. The largest absolute Gasteiger partial charge is 0.309 e. The van der Waals surface area contributed by atoms with Crippen LogP contribution in [-0.4, -0.2) is 14.5 Å². The summed E-state index contributed by atoms with van der Waals surface area (Å²) in [7, 11) is 0. The first-order chi connectivity index (χ1) is 26.5. The van der Waals surface area contributed by atoms with Gasteiger partial charge in [-0.25, -0.2) is 9.97 Å². The van der Waals surface area contributed by atoms with Crippen molar-refractivity contribution in [1.29, 1.82) is 0 Å². The van der Waals surface area contributed by atoms with Crippen molar-refractivity contribution in [2.24, 2.45) is 0 Å². The molecule has 0 unspecified atom stereocenters. The summed E-state index contributed by atoms with van der Waals surface area (Å²) in [6, 6.07) is 49.4. The minimum absolute atomic E-state index is 0.182. The summed E-state index contributed by atoms with van der Waals surface area (Å²) in [6.45, 7) is 9.50. The highest BCUT2D eigenvalue weighted by Gasteiger charge is 2.33. The number of hydrogen-bond donors (Lipinski definition) is 0. The lowest BCUT2D eigenvalue weighted by Gasteiger charge is -2.29. The summed E-state index contributed by atoms with van der Waals surface area (Å²) < 4.78 is 5.11. The molecule has 0 bridgehead atoms. The molecular formula is C50H37N3S. The molecule has 0 spiro atoms. The first-order valence-corrected chi connectivity index (χ1v) is 19.3. The lowest BCUT2D eigenvalue weighted by Crippen LogP contribution is -2.20. The molecule has 0 saturated carbocycles. The summed E-state index contributed by atoms with van der Waals surface area (Å²) in [5.74, 6) is 0.713. The topological polar surface area (TPSA) is 30.7 Å². The molecular weight excluding hydrogens is 675 g/mol. The fraction of sp³-hybridized carbons (Fsp3) is 0.0800. The van der Waals surface area contributed by atoms with E-state index < -0.39 is 0 Å². The number of rotatable bonds is 4. The number of para-hydroxylation sites is 1. The van der Waals surface area contributed by atoms with Gasteiger partial charge in [-0.1, -0.05) is 154 Å². The Hall–Kier alpha value is -6.36. The first-order valence-electron chi connectivity index (χ1n) is 18.5. The number of fused-ring (bicyclic) bond motifs is 10. The van der Waals surface area contributed by atoms with E-state index in [2.05, 4.69) is 158 Å². The minimum Gasteiger partial charge on any atom is -0.309 e. The van der Waals surface area contributed by atoms with Gasteiger partial charge in [-0.2, -0.15) is 0 Å². The van der Waals surface area contributed by atoms with Crippen molar-refractivity contribution in [2.45, 2.75) is 25.7 Å². The van der Waals surface area contributed by atoms with E-state index in [0.29, 0.717) is 5.82 Å². The van der Waals surface area contributed by atoms with Crippen molar-refractivity contribution in [3.8, 4) is 39.6 Å². The fourth-order valence-electron chi connectivity index (χ4n) is 8.31. The summed E-state index contributed by atoms with van der Waals surface area (Å²) in [5.41, 5.74) is 11.9. The van der Waals surface area contributed by atoms with E-state index in [4.69, 9.17) is 16.5 Å². The van der Waals surface area contributed by atoms with Gasteiger partial charge < -0.3 is 4.57 Å². The molecule has 10 rings (SSSR count). The third kappa shape index (κ3) is 5.17. The van der Waals surface area contributed by atoms with Crippen LogP contribution >= 0.6 is 11.3 Å². The number of benzene rings is 6. The van der Waals surface area contributed by atoms with Crippen molar-refractivity contribution in [2.75, 3.05) is 0 Å². The molecule has 3 nitrogen and oxygen atoms in total.